The van der Waals surface area contributed by atoms with E-state index in [1.807, 2.05) is 0 Å². The summed E-state index contributed by atoms with van der Waals surface area (Å²) in [4.78, 5) is 5.44. The van der Waals surface area contributed by atoms with Gasteiger partial charge in [0.15, 0.2) is 11.6 Å². The Bertz CT molecular complexity index is 1060. The molecule has 1 aromatic heterocycles. The van der Waals surface area contributed by atoms with Gasteiger partial charge in [0.1, 0.15) is 0 Å². The number of nitrogens with two attached hydrogens (primary N) is 1. The van der Waals surface area contributed by atoms with Gasteiger partial charge < -0.3 is 11.1 Å². The number of anilines is 3. The molecule has 2 rings (SSSR count). The number of nitrogens with zero attached hydrogens (tertiary/aromatic N) is 3. The van der Waals surface area contributed by atoms with Crippen LogP contribution in [0, 0.1) is 0 Å². The third-order valence-electron chi connectivity index (χ3n) is 5.02. The molecule has 2 aromatic rings. The minimum Gasteiger partial charge on any atom is -0.399 e. The molecule has 0 aliphatic heterocycles. The number of aromatic nitrogens is 3. The highest BCUT2D eigenvalue weighted by Gasteiger charge is 2.89. The Hall–Kier alpha value is -3.43. The summed E-state index contributed by atoms with van der Waals surface area (Å²) in [5.74, 6) is -10.5. The number of halogens is 18. The number of hydrogen-bond acceptors (Lipinski definition) is 5. The van der Waals surface area contributed by atoms with Crippen molar-refractivity contribution in [1.82, 2.24) is 15.0 Å². The highest BCUT2D eigenvalue weighted by atomic mass is 19.4. The smallest absolute Gasteiger partial charge is 0.399 e. The molecule has 1 heterocycles. The lowest BCUT2D eigenvalue weighted by Crippen LogP contribution is -2.66. The molecule has 0 bridgehead atoms. The van der Waals surface area contributed by atoms with E-state index in [9.17, 15) is 79.0 Å². The molecule has 226 valence electrons. The van der Waals surface area contributed by atoms with Crippen LogP contribution in [0.5, 0.6) is 0 Å². The van der Waals surface area contributed by atoms with Crippen LogP contribution in [0.25, 0.3) is 0 Å². The molecule has 5 nitrogen and oxygen atoms in total. The second-order valence-electron chi connectivity index (χ2n) is 7.54. The standard InChI is InChI=1S/C17H7F18N5/c18-12(19,20)10(13(21,22)23,14(24,25)26)7-38-8(11(15(27,28)29,16(30,31)32)17(33,34)35)40-9(39-7)37-6-3-1-5(36)2-4-6/h1-4H,36H2,(H,37,38,39,40). The monoisotopic (exact) mass is 623 g/mol. The Labute approximate surface area is 207 Å². The van der Waals surface area contributed by atoms with Crippen molar-refractivity contribution in [2.24, 2.45) is 0 Å². The highest BCUT2D eigenvalue weighted by molar-refractivity contribution is 5.57. The molecule has 40 heavy (non-hydrogen) atoms. The van der Waals surface area contributed by atoms with E-state index in [-0.39, 0.29) is 5.69 Å². The Morgan fingerprint density at radius 1 is 0.450 bits per heavy atom. The van der Waals surface area contributed by atoms with Crippen molar-refractivity contribution in [3.8, 4) is 0 Å². The van der Waals surface area contributed by atoms with E-state index in [1.165, 1.54) is 10.3 Å². The lowest BCUT2D eigenvalue weighted by Gasteiger charge is -2.39. The predicted octanol–water partition coefficient (Wildman–Crippen LogP) is 7.05. The molecule has 0 aliphatic rings. The molecular formula is C17H7F18N5. The Morgan fingerprint density at radius 2 is 0.725 bits per heavy atom. The summed E-state index contributed by atoms with van der Waals surface area (Å²) in [6, 6.07) is 2.94. The van der Waals surface area contributed by atoms with Crippen LogP contribution < -0.4 is 11.1 Å². The topological polar surface area (TPSA) is 76.7 Å². The predicted molar refractivity (Wildman–Crippen MR) is 93.7 cm³/mol. The molecule has 0 unspecified atom stereocenters. The molecule has 1 aromatic carbocycles. The van der Waals surface area contributed by atoms with E-state index in [0.717, 1.165) is 12.1 Å². The van der Waals surface area contributed by atoms with E-state index in [1.54, 1.807) is 0 Å². The number of nitrogens with one attached hydrogen (secondary N) is 1. The van der Waals surface area contributed by atoms with E-state index in [2.05, 4.69) is 9.97 Å². The normalized spacial score (nSPS) is 14.8. The van der Waals surface area contributed by atoms with Gasteiger partial charge in [-0.3, -0.25) is 0 Å². The van der Waals surface area contributed by atoms with E-state index >= 15 is 0 Å². The molecule has 0 aliphatic carbocycles. The third kappa shape index (κ3) is 4.97. The van der Waals surface area contributed by atoms with Gasteiger partial charge in [-0.25, -0.2) is 4.98 Å². The van der Waals surface area contributed by atoms with Gasteiger partial charge in [0.25, 0.3) is 0 Å². The van der Waals surface area contributed by atoms with Crippen molar-refractivity contribution in [2.45, 2.75) is 47.9 Å². The highest BCUT2D eigenvalue weighted by Crippen LogP contribution is 2.62. The number of nitrogen functional groups attached to an aromatic ring is 1. The summed E-state index contributed by atoms with van der Waals surface area (Å²) in [5, 5.41) is 1.34. The lowest BCUT2D eigenvalue weighted by atomic mass is 9.82. The van der Waals surface area contributed by atoms with Crippen molar-refractivity contribution in [1.29, 1.82) is 0 Å². The fourth-order valence-electron chi connectivity index (χ4n) is 3.19. The lowest BCUT2D eigenvalue weighted by molar-refractivity contribution is -0.391. The maximum atomic E-state index is 13.5. The molecule has 0 radical (unpaired) electrons. The van der Waals surface area contributed by atoms with Gasteiger partial charge in [-0.05, 0) is 24.3 Å². The molecule has 0 saturated heterocycles. The SMILES string of the molecule is Nc1ccc(Nc2nc(C(C(F)(F)F)(C(F)(F)F)C(F)(F)F)nc(C(C(F)(F)F)(C(F)(F)F)C(F)(F)F)n2)cc1. The number of rotatable bonds is 4. The maximum Gasteiger partial charge on any atom is 0.419 e. The molecule has 0 spiro atoms. The summed E-state index contributed by atoms with van der Waals surface area (Å²) < 4.78 is 244. The molecule has 0 fully saturated rings. The van der Waals surface area contributed by atoms with Gasteiger partial charge in [-0.1, -0.05) is 0 Å². The zero-order valence-corrected chi connectivity index (χ0v) is 18.0. The summed E-state index contributed by atoms with van der Waals surface area (Å²) >= 11 is 0. The second-order valence-corrected chi connectivity index (χ2v) is 7.54. The zero-order valence-electron chi connectivity index (χ0n) is 18.0. The number of alkyl halides is 18. The van der Waals surface area contributed by atoms with E-state index < -0.39 is 71.2 Å². The zero-order chi connectivity index (χ0) is 31.5. The van der Waals surface area contributed by atoms with Crippen molar-refractivity contribution in [3.05, 3.63) is 35.9 Å². The fourth-order valence-corrected chi connectivity index (χ4v) is 3.19. The Morgan fingerprint density at radius 3 is 0.975 bits per heavy atom. The molecule has 0 atom stereocenters. The maximum absolute atomic E-state index is 13.5. The number of benzene rings is 1. The van der Waals surface area contributed by atoms with Crippen LogP contribution in [0.2, 0.25) is 0 Å². The fraction of sp³-hybridized carbons (Fsp3) is 0.471. The quantitative estimate of drug-likeness (QED) is 0.282. The van der Waals surface area contributed by atoms with E-state index in [0.29, 0.717) is 12.1 Å². The third-order valence-corrected chi connectivity index (χ3v) is 5.02. The Kier molecular flexibility index (Phi) is 7.63. The number of hydrogen-bond donors (Lipinski definition) is 2. The van der Waals surface area contributed by atoms with Crippen molar-refractivity contribution < 1.29 is 79.0 Å². The molecule has 0 saturated carbocycles. The summed E-state index contributed by atoms with van der Waals surface area (Å²) in [7, 11) is 0. The van der Waals surface area contributed by atoms with Gasteiger partial charge in [0, 0.05) is 11.4 Å². The first-order valence-corrected chi connectivity index (χ1v) is 9.35. The van der Waals surface area contributed by atoms with Gasteiger partial charge >= 0.3 is 47.9 Å². The van der Waals surface area contributed by atoms with E-state index in [4.69, 9.17) is 5.73 Å². The minimum atomic E-state index is -7.75. The van der Waals surface area contributed by atoms with Crippen LogP contribution in [0.4, 0.5) is 96.4 Å². The average molecular weight is 623 g/mol. The summed E-state index contributed by atoms with van der Waals surface area (Å²) in [5.41, 5.74) is -10.7. The van der Waals surface area contributed by atoms with Crippen molar-refractivity contribution in [2.75, 3.05) is 11.1 Å². The van der Waals surface area contributed by atoms with Gasteiger partial charge in [-0.15, -0.1) is 0 Å². The molecule has 0 amide bonds. The molecular weight excluding hydrogens is 616 g/mol. The van der Waals surface area contributed by atoms with Crippen LogP contribution in [-0.4, -0.2) is 52.0 Å². The van der Waals surface area contributed by atoms with Crippen LogP contribution in [0.1, 0.15) is 11.6 Å². The van der Waals surface area contributed by atoms with Crippen LogP contribution >= 0.6 is 0 Å². The summed E-state index contributed by atoms with van der Waals surface area (Å²) in [6.07, 6.45) is -46.5. The molecule has 23 heteroatoms. The summed E-state index contributed by atoms with van der Waals surface area (Å²) in [6.45, 7) is 0. The van der Waals surface area contributed by atoms with Gasteiger partial charge in [-0.2, -0.15) is 89.0 Å². The van der Waals surface area contributed by atoms with Crippen molar-refractivity contribution in [3.63, 3.8) is 0 Å². The first-order valence-electron chi connectivity index (χ1n) is 9.35. The average Bonchev–Trinajstić information content (AvgIpc) is 2.63. The largest absolute Gasteiger partial charge is 0.419 e. The van der Waals surface area contributed by atoms with Crippen LogP contribution in [0.3, 0.4) is 0 Å². The van der Waals surface area contributed by atoms with Crippen molar-refractivity contribution >= 4 is 17.3 Å². The first kappa shape index (κ1) is 32.8. The second kappa shape index (κ2) is 9.31. The minimum absolute atomic E-state index is 0.168. The first-order chi connectivity index (χ1) is 17.6. The van der Waals surface area contributed by atoms with Gasteiger partial charge in [0.05, 0.1) is 0 Å². The Balaban J connectivity index is 3.26. The molecule has 3 N–H and O–H groups in total. The van der Waals surface area contributed by atoms with Gasteiger partial charge in [0.2, 0.25) is 5.95 Å². The van der Waals surface area contributed by atoms with Crippen LogP contribution in [0.15, 0.2) is 24.3 Å². The van der Waals surface area contributed by atoms with Crippen LogP contribution in [-0.2, 0) is 10.8 Å².